The largest absolute Gasteiger partial charge is 0.354 e. The Balaban J connectivity index is 1.74. The molecule has 0 bridgehead atoms. The van der Waals surface area contributed by atoms with Crippen molar-refractivity contribution in [2.45, 2.75) is 52.1 Å². The summed E-state index contributed by atoms with van der Waals surface area (Å²) in [5.41, 5.74) is 0.772. The summed E-state index contributed by atoms with van der Waals surface area (Å²) in [6.45, 7) is 12.0. The summed E-state index contributed by atoms with van der Waals surface area (Å²) >= 11 is 0. The molecule has 1 heterocycles. The summed E-state index contributed by atoms with van der Waals surface area (Å²) in [6.07, 6.45) is 1.60. The van der Waals surface area contributed by atoms with Gasteiger partial charge >= 0.3 is 0 Å². The zero-order valence-corrected chi connectivity index (χ0v) is 18.1. The molecule has 0 aromatic heterocycles. The van der Waals surface area contributed by atoms with Gasteiger partial charge in [-0.05, 0) is 64.8 Å². The first kappa shape index (κ1) is 23.3. The van der Waals surface area contributed by atoms with Crippen LogP contribution in [0, 0.1) is 5.82 Å². The second-order valence-electron chi connectivity index (χ2n) is 8.81. The second kappa shape index (κ2) is 10.7. The third-order valence-corrected chi connectivity index (χ3v) is 5.06. The zero-order valence-electron chi connectivity index (χ0n) is 18.1. The van der Waals surface area contributed by atoms with Gasteiger partial charge in [-0.3, -0.25) is 19.4 Å². The topological polar surface area (TPSA) is 64.7 Å². The first-order valence-electron chi connectivity index (χ1n) is 10.4. The minimum atomic E-state index is -0.252. The molecule has 0 unspecified atom stereocenters. The van der Waals surface area contributed by atoms with Crippen molar-refractivity contribution >= 4 is 11.8 Å². The fourth-order valence-electron chi connectivity index (χ4n) is 3.49. The number of rotatable bonds is 7. The molecule has 0 saturated carbocycles. The van der Waals surface area contributed by atoms with Crippen molar-refractivity contribution in [2.75, 3.05) is 39.3 Å². The number of carbonyl (C=O) groups excluding carboxylic acids is 2. The zero-order chi connectivity index (χ0) is 21.4. The molecular weight excluding hydrogens is 371 g/mol. The van der Waals surface area contributed by atoms with Crippen molar-refractivity contribution in [3.63, 3.8) is 0 Å². The van der Waals surface area contributed by atoms with Gasteiger partial charge in [-0.2, -0.15) is 0 Å². The Morgan fingerprint density at radius 2 is 1.79 bits per heavy atom. The summed E-state index contributed by atoms with van der Waals surface area (Å²) in [4.78, 5) is 29.0. The van der Waals surface area contributed by atoms with Crippen LogP contribution in [0.2, 0.25) is 0 Å². The van der Waals surface area contributed by atoms with E-state index in [-0.39, 0.29) is 29.2 Å². The third-order valence-electron chi connectivity index (χ3n) is 5.06. The molecule has 6 nitrogen and oxygen atoms in total. The summed E-state index contributed by atoms with van der Waals surface area (Å²) in [6, 6.07) is 6.13. The van der Waals surface area contributed by atoms with Crippen molar-refractivity contribution in [3.8, 4) is 0 Å². The summed E-state index contributed by atoms with van der Waals surface area (Å²) in [5.74, 6) is -0.207. The summed E-state index contributed by atoms with van der Waals surface area (Å²) < 4.78 is 13.0. The number of benzene rings is 1. The molecule has 2 rings (SSSR count). The maximum Gasteiger partial charge on any atom is 0.237 e. The maximum atomic E-state index is 13.0. The second-order valence-corrected chi connectivity index (χ2v) is 8.81. The Kier molecular flexibility index (Phi) is 8.59. The fourth-order valence-corrected chi connectivity index (χ4v) is 3.49. The first-order valence-corrected chi connectivity index (χ1v) is 10.4. The van der Waals surface area contributed by atoms with Gasteiger partial charge in [0.1, 0.15) is 5.82 Å². The molecule has 1 atom stereocenters. The molecule has 1 aliphatic rings. The van der Waals surface area contributed by atoms with Crippen molar-refractivity contribution in [3.05, 3.63) is 35.6 Å². The molecule has 1 fully saturated rings. The van der Waals surface area contributed by atoms with E-state index in [0.29, 0.717) is 19.5 Å². The quantitative estimate of drug-likeness (QED) is 0.725. The lowest BCUT2D eigenvalue weighted by Crippen LogP contribution is -2.48. The Hall–Kier alpha value is -1.99. The van der Waals surface area contributed by atoms with E-state index in [2.05, 4.69) is 20.4 Å². The Bertz CT molecular complexity index is 672. The van der Waals surface area contributed by atoms with E-state index in [1.165, 1.54) is 12.1 Å². The third kappa shape index (κ3) is 8.50. The van der Waals surface area contributed by atoms with Crippen molar-refractivity contribution in [1.29, 1.82) is 0 Å². The van der Waals surface area contributed by atoms with E-state index in [1.54, 1.807) is 12.1 Å². The average Bonchev–Trinajstić information content (AvgIpc) is 2.86. The Labute approximate surface area is 173 Å². The molecular formula is C22H35FN4O2. The van der Waals surface area contributed by atoms with Crippen LogP contribution in [-0.4, -0.2) is 72.5 Å². The van der Waals surface area contributed by atoms with E-state index >= 15 is 0 Å². The predicted molar refractivity (Wildman–Crippen MR) is 113 cm³/mol. The number of hydrogen-bond donors (Lipinski definition) is 2. The number of nitrogens with zero attached hydrogens (tertiary/aromatic N) is 2. The standard InChI is InChI=1S/C22H35FN4O2/c1-17(21(29)24-11-10-18-6-8-19(23)9-7-18)27-13-5-12-26(14-15-27)16-20(28)25-22(2,3)4/h6-9,17H,5,10-16H2,1-4H3,(H,24,29)(H,25,28)/t17-/m1/s1. The van der Waals surface area contributed by atoms with Gasteiger partial charge < -0.3 is 10.6 Å². The van der Waals surface area contributed by atoms with Gasteiger partial charge in [-0.25, -0.2) is 4.39 Å². The molecule has 2 N–H and O–H groups in total. The lowest BCUT2D eigenvalue weighted by atomic mass is 10.1. The van der Waals surface area contributed by atoms with Crippen molar-refractivity contribution in [1.82, 2.24) is 20.4 Å². The molecule has 29 heavy (non-hydrogen) atoms. The molecule has 7 heteroatoms. The number of halogens is 1. The predicted octanol–water partition coefficient (Wildman–Crippen LogP) is 1.80. The minimum Gasteiger partial charge on any atom is -0.354 e. The molecule has 0 spiro atoms. The lowest BCUT2D eigenvalue weighted by molar-refractivity contribution is -0.126. The molecule has 0 aliphatic carbocycles. The lowest BCUT2D eigenvalue weighted by Gasteiger charge is -2.27. The molecule has 162 valence electrons. The highest BCUT2D eigenvalue weighted by molar-refractivity contribution is 5.81. The highest BCUT2D eigenvalue weighted by atomic mass is 19.1. The molecule has 0 radical (unpaired) electrons. The Morgan fingerprint density at radius 1 is 1.10 bits per heavy atom. The van der Waals surface area contributed by atoms with E-state index in [1.807, 2.05) is 27.7 Å². The highest BCUT2D eigenvalue weighted by Crippen LogP contribution is 2.08. The number of hydrogen-bond acceptors (Lipinski definition) is 4. The van der Waals surface area contributed by atoms with E-state index in [4.69, 9.17) is 0 Å². The fraction of sp³-hybridized carbons (Fsp3) is 0.636. The van der Waals surface area contributed by atoms with E-state index < -0.39 is 0 Å². The van der Waals surface area contributed by atoms with Crippen molar-refractivity contribution < 1.29 is 14.0 Å². The van der Waals surface area contributed by atoms with Crippen LogP contribution >= 0.6 is 0 Å². The van der Waals surface area contributed by atoms with Gasteiger partial charge in [0.05, 0.1) is 12.6 Å². The molecule has 1 aliphatic heterocycles. The van der Waals surface area contributed by atoms with E-state index in [9.17, 15) is 14.0 Å². The summed E-state index contributed by atoms with van der Waals surface area (Å²) in [7, 11) is 0. The van der Waals surface area contributed by atoms with Crippen LogP contribution in [0.15, 0.2) is 24.3 Å². The van der Waals surface area contributed by atoms with Gasteiger partial charge in [0.25, 0.3) is 0 Å². The van der Waals surface area contributed by atoms with E-state index in [0.717, 1.165) is 38.2 Å². The van der Waals surface area contributed by atoms with Crippen LogP contribution in [0.5, 0.6) is 0 Å². The monoisotopic (exact) mass is 406 g/mol. The van der Waals surface area contributed by atoms with Crippen LogP contribution in [0.25, 0.3) is 0 Å². The molecule has 1 aromatic rings. The number of nitrogens with one attached hydrogen (secondary N) is 2. The van der Waals surface area contributed by atoms with Gasteiger partial charge in [0.2, 0.25) is 11.8 Å². The van der Waals surface area contributed by atoms with Gasteiger partial charge in [0.15, 0.2) is 0 Å². The maximum absolute atomic E-state index is 13.0. The normalized spacial score (nSPS) is 17.4. The van der Waals surface area contributed by atoms with Crippen LogP contribution in [-0.2, 0) is 16.0 Å². The van der Waals surface area contributed by atoms with Crippen LogP contribution in [0.4, 0.5) is 4.39 Å². The Morgan fingerprint density at radius 3 is 2.45 bits per heavy atom. The average molecular weight is 407 g/mol. The van der Waals surface area contributed by atoms with Gasteiger partial charge in [-0.15, -0.1) is 0 Å². The molecule has 1 saturated heterocycles. The number of amides is 2. The van der Waals surface area contributed by atoms with Crippen molar-refractivity contribution in [2.24, 2.45) is 0 Å². The smallest absolute Gasteiger partial charge is 0.237 e. The molecule has 1 aromatic carbocycles. The SMILES string of the molecule is C[C@H](C(=O)NCCc1ccc(F)cc1)N1CCCN(CC(=O)NC(C)(C)C)CC1. The highest BCUT2D eigenvalue weighted by Gasteiger charge is 2.25. The van der Waals surface area contributed by atoms with Gasteiger partial charge in [-0.1, -0.05) is 12.1 Å². The van der Waals surface area contributed by atoms with Gasteiger partial charge in [0, 0.05) is 31.7 Å². The molecule has 2 amide bonds. The first-order chi connectivity index (χ1) is 13.6. The van der Waals surface area contributed by atoms with Crippen LogP contribution in [0.3, 0.4) is 0 Å². The van der Waals surface area contributed by atoms with Crippen LogP contribution < -0.4 is 10.6 Å². The van der Waals surface area contributed by atoms with Crippen LogP contribution in [0.1, 0.15) is 39.7 Å². The summed E-state index contributed by atoms with van der Waals surface area (Å²) in [5, 5.41) is 5.98. The minimum absolute atomic E-state index is 0.00559. The number of carbonyl (C=O) groups is 2.